The summed E-state index contributed by atoms with van der Waals surface area (Å²) in [5.41, 5.74) is -1.33. The number of aliphatic hydroxyl groups is 11. The van der Waals surface area contributed by atoms with Crippen molar-refractivity contribution in [1.82, 2.24) is 0 Å². The lowest BCUT2D eigenvalue weighted by Crippen LogP contribution is -2.67. The lowest BCUT2D eigenvalue weighted by atomic mass is 9.33. The highest BCUT2D eigenvalue weighted by atomic mass is 16.7. The largest absolute Gasteiger partial charge is 0.432 e. The van der Waals surface area contributed by atoms with Crippen LogP contribution < -0.4 is 0 Å². The van der Waals surface area contributed by atoms with Crippen LogP contribution in [0.5, 0.6) is 0 Å². The summed E-state index contributed by atoms with van der Waals surface area (Å²) in [6.07, 6.45) is -13.3. The van der Waals surface area contributed by atoms with Crippen LogP contribution in [0.3, 0.4) is 0 Å². The number of allylic oxidation sites excluding steroid dienone is 2. The molecule has 0 aromatic carbocycles. The smallest absolute Gasteiger partial charge is 0.315 e. The molecule has 0 aromatic heterocycles. The van der Waals surface area contributed by atoms with E-state index in [9.17, 15) is 61.0 Å². The van der Waals surface area contributed by atoms with Gasteiger partial charge in [-0.2, -0.15) is 0 Å². The fraction of sp³-hybridized carbons (Fsp3) is 0.938. The van der Waals surface area contributed by atoms with Gasteiger partial charge in [0.15, 0.2) is 12.6 Å². The third-order valence-electron chi connectivity index (χ3n) is 19.4. The molecule has 0 aromatic rings. The van der Waals surface area contributed by atoms with Crippen molar-refractivity contribution in [2.75, 3.05) is 19.8 Å². The summed E-state index contributed by atoms with van der Waals surface area (Å²) >= 11 is 0. The molecule has 4 saturated carbocycles. The maximum atomic E-state index is 14.7. The molecular formula is C48H78O18. The van der Waals surface area contributed by atoms with Crippen molar-refractivity contribution in [3.63, 3.8) is 0 Å². The molecule has 8 rings (SSSR count). The Bertz CT molecular complexity index is 1800. The van der Waals surface area contributed by atoms with Crippen LogP contribution in [0.25, 0.3) is 0 Å². The second-order valence-electron chi connectivity index (χ2n) is 23.3. The van der Waals surface area contributed by atoms with Crippen LogP contribution in [0.4, 0.5) is 0 Å². The minimum atomic E-state index is -1.70. The molecule has 378 valence electrons. The van der Waals surface area contributed by atoms with E-state index in [1.54, 1.807) is 0 Å². The van der Waals surface area contributed by atoms with Crippen LogP contribution in [0.1, 0.15) is 113 Å². The number of carbonyl (C=O) groups is 1. The highest BCUT2D eigenvalue weighted by Gasteiger charge is 2.70. The third kappa shape index (κ3) is 7.87. The standard InChI is InChI=1S/C48H78O18/c1-22-30(51)33(54)36(57)39(62-22)61-20-26-32(53)35(56)37(58)40(64-26)65-29-11-12-44(4)27(45(29,5)21-50)10-13-47(7)28(44)9-8-23-24-18-43(2,3)14-16-48(24,17-15-46(23,47)6)42(60)66-41-38(59)34(55)31(52)25(19-49)63-41/h8,22,24-41,49-59H,9-21H2,1-7H3. The predicted molar refractivity (Wildman–Crippen MR) is 230 cm³/mol. The highest BCUT2D eigenvalue weighted by molar-refractivity contribution is 5.79. The van der Waals surface area contributed by atoms with Crippen LogP contribution in [0, 0.1) is 50.2 Å². The Kier molecular flexibility index (Phi) is 13.9. The molecule has 24 unspecified atom stereocenters. The molecule has 18 nitrogen and oxygen atoms in total. The van der Waals surface area contributed by atoms with Gasteiger partial charge in [-0.15, -0.1) is 0 Å². The number of rotatable bonds is 9. The molecule has 24 atom stereocenters. The number of aliphatic hydroxyl groups excluding tert-OH is 11. The molecule has 3 heterocycles. The van der Waals surface area contributed by atoms with Gasteiger partial charge >= 0.3 is 5.97 Å². The van der Waals surface area contributed by atoms with Crippen molar-refractivity contribution >= 4 is 5.97 Å². The maximum absolute atomic E-state index is 14.7. The first-order valence-electron chi connectivity index (χ1n) is 24.3. The molecule has 11 N–H and O–H groups in total. The summed E-state index contributed by atoms with van der Waals surface area (Å²) in [5, 5.41) is 117. The maximum Gasteiger partial charge on any atom is 0.315 e. The summed E-state index contributed by atoms with van der Waals surface area (Å²) in [4.78, 5) is 14.7. The van der Waals surface area contributed by atoms with Crippen molar-refractivity contribution in [2.24, 2.45) is 50.2 Å². The highest BCUT2D eigenvalue weighted by Crippen LogP contribution is 2.76. The van der Waals surface area contributed by atoms with E-state index in [4.69, 9.17) is 28.4 Å². The molecule has 0 bridgehead atoms. The monoisotopic (exact) mass is 943 g/mol. The molecule has 3 aliphatic heterocycles. The Balaban J connectivity index is 1.01. The van der Waals surface area contributed by atoms with Gasteiger partial charge in [-0.05, 0) is 111 Å². The topological polar surface area (TPSA) is 295 Å². The first-order chi connectivity index (χ1) is 30.8. The van der Waals surface area contributed by atoms with Crippen molar-refractivity contribution < 1.29 is 89.4 Å². The lowest BCUT2D eigenvalue weighted by molar-refractivity contribution is -0.346. The molecule has 7 fully saturated rings. The van der Waals surface area contributed by atoms with E-state index >= 15 is 0 Å². The number of hydrogen-bond donors (Lipinski definition) is 11. The third-order valence-corrected chi connectivity index (χ3v) is 19.4. The van der Waals surface area contributed by atoms with Gasteiger partial charge in [0.25, 0.3) is 0 Å². The molecule has 0 radical (unpaired) electrons. The molecule has 0 spiro atoms. The van der Waals surface area contributed by atoms with Gasteiger partial charge in [-0.3, -0.25) is 4.79 Å². The van der Waals surface area contributed by atoms with Crippen LogP contribution in [-0.2, 0) is 33.2 Å². The minimum absolute atomic E-state index is 0.0285. The number of carbonyl (C=O) groups excluding carboxylic acids is 1. The van der Waals surface area contributed by atoms with Crippen LogP contribution in [0.15, 0.2) is 11.6 Å². The molecule has 8 aliphatic rings. The van der Waals surface area contributed by atoms with Gasteiger partial charge in [-0.1, -0.05) is 53.2 Å². The first kappa shape index (κ1) is 50.9. The van der Waals surface area contributed by atoms with Gasteiger partial charge in [-0.25, -0.2) is 0 Å². The van der Waals surface area contributed by atoms with E-state index in [1.807, 2.05) is 6.92 Å². The van der Waals surface area contributed by atoms with Gasteiger partial charge in [0.05, 0.1) is 37.4 Å². The Morgan fingerprint density at radius 3 is 1.94 bits per heavy atom. The number of hydrogen-bond acceptors (Lipinski definition) is 18. The van der Waals surface area contributed by atoms with Crippen molar-refractivity contribution in [3.05, 3.63) is 11.6 Å². The van der Waals surface area contributed by atoms with Crippen molar-refractivity contribution in [1.29, 1.82) is 0 Å². The van der Waals surface area contributed by atoms with Crippen molar-refractivity contribution in [3.8, 4) is 0 Å². The molecule has 5 aliphatic carbocycles. The van der Waals surface area contributed by atoms with E-state index < -0.39 is 128 Å². The van der Waals surface area contributed by atoms with E-state index in [0.717, 1.165) is 38.5 Å². The first-order valence-corrected chi connectivity index (χ1v) is 24.3. The molecule has 18 heteroatoms. The zero-order valence-electron chi connectivity index (χ0n) is 39.5. The molecular weight excluding hydrogens is 865 g/mol. The number of esters is 1. The number of fused-ring (bicyclic) bond motifs is 7. The summed E-state index contributed by atoms with van der Waals surface area (Å²) < 4.78 is 35.5. The fourth-order valence-corrected chi connectivity index (χ4v) is 14.9. The second kappa shape index (κ2) is 18.0. The van der Waals surface area contributed by atoms with Gasteiger partial charge < -0.3 is 84.6 Å². The molecule has 3 saturated heterocycles. The van der Waals surface area contributed by atoms with Crippen LogP contribution in [-0.4, -0.2) is 180 Å². The Hall–Kier alpha value is -1.43. The zero-order valence-corrected chi connectivity index (χ0v) is 39.5. The van der Waals surface area contributed by atoms with Gasteiger partial charge in [0, 0.05) is 5.41 Å². The van der Waals surface area contributed by atoms with E-state index in [2.05, 4.69) is 40.7 Å². The number of ether oxygens (including phenoxy) is 6. The molecule has 0 amide bonds. The van der Waals surface area contributed by atoms with Crippen LogP contribution >= 0.6 is 0 Å². The summed E-state index contributed by atoms with van der Waals surface area (Å²) in [6, 6.07) is 0. The normalized spacial score (nSPS) is 54.8. The predicted octanol–water partition coefficient (Wildman–Crippen LogP) is 0.141. The van der Waals surface area contributed by atoms with E-state index in [0.29, 0.717) is 25.7 Å². The average molecular weight is 943 g/mol. The van der Waals surface area contributed by atoms with Gasteiger partial charge in [0.1, 0.15) is 67.1 Å². The quantitative estimate of drug-likeness (QED) is 0.0833. The summed E-state index contributed by atoms with van der Waals surface area (Å²) in [6.45, 7) is 13.8. The fourth-order valence-electron chi connectivity index (χ4n) is 14.9. The SMILES string of the molecule is CC1OC(OCC2OC(OC3CCC4(C)C(CCC5(C)C4CC=C4C6CC(C)(C)CCC6(C(=O)OC6OC(CO)C(O)C(O)C6O)CCC45C)C3(C)CO)C(O)C(O)C2O)C(O)C(O)C1O. The second-order valence-corrected chi connectivity index (χ2v) is 23.3. The van der Waals surface area contributed by atoms with E-state index in [1.165, 1.54) is 12.5 Å². The van der Waals surface area contributed by atoms with Crippen molar-refractivity contribution in [2.45, 2.75) is 211 Å². The van der Waals surface area contributed by atoms with Crippen LogP contribution in [0.2, 0.25) is 0 Å². The zero-order chi connectivity index (χ0) is 48.3. The van der Waals surface area contributed by atoms with Gasteiger partial charge in [0.2, 0.25) is 6.29 Å². The summed E-state index contributed by atoms with van der Waals surface area (Å²) in [7, 11) is 0. The Labute approximate surface area is 387 Å². The summed E-state index contributed by atoms with van der Waals surface area (Å²) in [5.74, 6) is -0.514. The lowest BCUT2D eigenvalue weighted by Gasteiger charge is -2.71. The Morgan fingerprint density at radius 1 is 0.667 bits per heavy atom. The minimum Gasteiger partial charge on any atom is -0.432 e. The Morgan fingerprint density at radius 2 is 1.27 bits per heavy atom. The van der Waals surface area contributed by atoms with E-state index in [-0.39, 0.29) is 46.0 Å². The average Bonchev–Trinajstić information content (AvgIpc) is 3.27. The molecule has 66 heavy (non-hydrogen) atoms.